The second kappa shape index (κ2) is 6.85. The lowest BCUT2D eigenvalue weighted by Gasteiger charge is -2.25. The molecule has 1 aliphatic heterocycles. The molecule has 0 bridgehead atoms. The van der Waals surface area contributed by atoms with Crippen molar-refractivity contribution in [3.05, 3.63) is 12.7 Å². The summed E-state index contributed by atoms with van der Waals surface area (Å²) in [6.07, 6.45) is 9.65. The maximum absolute atomic E-state index is 12.1. The number of likely N-dealkylation sites (N-methyl/N-ethyl adjacent to an activating group) is 1. The second-order valence-electron chi connectivity index (χ2n) is 4.60. The highest BCUT2D eigenvalue weighted by Gasteiger charge is 2.22. The Labute approximate surface area is 109 Å². The van der Waals surface area contributed by atoms with Crippen molar-refractivity contribution in [1.82, 2.24) is 9.80 Å². The van der Waals surface area contributed by atoms with Gasteiger partial charge in [0.15, 0.2) is 0 Å². The lowest BCUT2D eigenvalue weighted by molar-refractivity contribution is -0.137. The summed E-state index contributed by atoms with van der Waals surface area (Å²) in [5.74, 6) is 2.57. The van der Waals surface area contributed by atoms with E-state index < -0.39 is 0 Å². The predicted octanol–water partition coefficient (Wildman–Crippen LogP) is 0.893. The molecule has 98 valence electrons. The molecule has 1 aliphatic rings. The number of terminal acetylenes is 1. The molecule has 1 rings (SSSR count). The average molecular weight is 248 g/mol. The molecule has 0 aliphatic carbocycles. The van der Waals surface area contributed by atoms with Gasteiger partial charge < -0.3 is 9.80 Å². The van der Waals surface area contributed by atoms with Crippen LogP contribution in [0.15, 0.2) is 12.7 Å². The molecule has 0 N–H and O–H groups in total. The molecule has 2 amide bonds. The number of hydrogen-bond acceptors (Lipinski definition) is 2. The topological polar surface area (TPSA) is 40.6 Å². The molecule has 1 atom stereocenters. The van der Waals surface area contributed by atoms with Gasteiger partial charge >= 0.3 is 0 Å². The third-order valence-corrected chi connectivity index (χ3v) is 3.18. The van der Waals surface area contributed by atoms with Crippen molar-refractivity contribution in [2.75, 3.05) is 26.7 Å². The highest BCUT2D eigenvalue weighted by molar-refractivity contribution is 5.90. The van der Waals surface area contributed by atoms with E-state index in [1.165, 1.54) is 11.0 Å². The normalized spacial score (nSPS) is 19.6. The zero-order valence-corrected chi connectivity index (χ0v) is 10.9. The predicted molar refractivity (Wildman–Crippen MR) is 70.6 cm³/mol. The third-order valence-electron chi connectivity index (χ3n) is 3.18. The molecule has 1 saturated heterocycles. The Morgan fingerprint density at radius 3 is 2.89 bits per heavy atom. The molecule has 18 heavy (non-hydrogen) atoms. The number of carbonyl (C=O) groups is 2. The van der Waals surface area contributed by atoms with E-state index in [1.807, 2.05) is 0 Å². The van der Waals surface area contributed by atoms with E-state index in [9.17, 15) is 9.59 Å². The summed E-state index contributed by atoms with van der Waals surface area (Å²) < 4.78 is 0. The second-order valence-corrected chi connectivity index (χ2v) is 4.60. The van der Waals surface area contributed by atoms with Crippen molar-refractivity contribution in [3.8, 4) is 12.3 Å². The van der Waals surface area contributed by atoms with Crippen LogP contribution in [0.3, 0.4) is 0 Å². The van der Waals surface area contributed by atoms with Gasteiger partial charge in [-0.25, -0.2) is 0 Å². The van der Waals surface area contributed by atoms with Crippen LogP contribution in [0.1, 0.15) is 19.3 Å². The largest absolute Gasteiger partial charge is 0.340 e. The van der Waals surface area contributed by atoms with Gasteiger partial charge in [-0.3, -0.25) is 9.59 Å². The van der Waals surface area contributed by atoms with Crippen LogP contribution in [0.2, 0.25) is 0 Å². The monoisotopic (exact) mass is 248 g/mol. The van der Waals surface area contributed by atoms with E-state index in [4.69, 9.17) is 6.42 Å². The zero-order valence-electron chi connectivity index (χ0n) is 10.9. The number of rotatable bonds is 3. The van der Waals surface area contributed by atoms with Crippen LogP contribution in [-0.2, 0) is 9.59 Å². The van der Waals surface area contributed by atoms with Gasteiger partial charge in [0.1, 0.15) is 0 Å². The molecule has 0 radical (unpaired) electrons. The lowest BCUT2D eigenvalue weighted by Crippen LogP contribution is -2.42. The van der Waals surface area contributed by atoms with Crippen molar-refractivity contribution in [2.24, 2.45) is 5.92 Å². The van der Waals surface area contributed by atoms with E-state index in [-0.39, 0.29) is 24.3 Å². The minimum absolute atomic E-state index is 0.0464. The van der Waals surface area contributed by atoms with E-state index in [1.54, 1.807) is 11.9 Å². The van der Waals surface area contributed by atoms with Crippen molar-refractivity contribution in [3.63, 3.8) is 0 Å². The van der Waals surface area contributed by atoms with Crippen LogP contribution < -0.4 is 0 Å². The Balaban J connectivity index is 2.57. The van der Waals surface area contributed by atoms with E-state index in [2.05, 4.69) is 12.5 Å². The Morgan fingerprint density at radius 2 is 2.28 bits per heavy atom. The van der Waals surface area contributed by atoms with Crippen LogP contribution >= 0.6 is 0 Å². The van der Waals surface area contributed by atoms with Crippen LogP contribution in [0, 0.1) is 18.3 Å². The Morgan fingerprint density at radius 1 is 1.56 bits per heavy atom. The molecular formula is C14H20N2O2. The minimum atomic E-state index is -0.244. The Hall–Kier alpha value is -1.76. The van der Waals surface area contributed by atoms with Gasteiger partial charge in [-0.2, -0.15) is 0 Å². The van der Waals surface area contributed by atoms with Gasteiger partial charge in [0.2, 0.25) is 11.8 Å². The lowest BCUT2D eigenvalue weighted by atomic mass is 10.1. The standard InChI is InChI=1S/C14H20N2O2/c1-4-12-8-6-7-9-16(10-12)14(18)11-15(3)13(17)5-2/h1,5,12H,2,6-11H2,3H3. The smallest absolute Gasteiger partial charge is 0.246 e. The van der Waals surface area contributed by atoms with Crippen LogP contribution in [0.4, 0.5) is 0 Å². The minimum Gasteiger partial charge on any atom is -0.340 e. The van der Waals surface area contributed by atoms with Gasteiger partial charge in [-0.05, 0) is 18.9 Å². The number of hydrogen-bond donors (Lipinski definition) is 0. The quantitative estimate of drug-likeness (QED) is 0.550. The fourth-order valence-corrected chi connectivity index (χ4v) is 2.04. The molecule has 4 heteroatoms. The first-order chi connectivity index (χ1) is 8.58. The van der Waals surface area contributed by atoms with Gasteiger partial charge in [-0.1, -0.05) is 13.0 Å². The fourth-order valence-electron chi connectivity index (χ4n) is 2.04. The molecule has 4 nitrogen and oxygen atoms in total. The van der Waals surface area contributed by atoms with Gasteiger partial charge in [0.05, 0.1) is 6.54 Å². The highest BCUT2D eigenvalue weighted by atomic mass is 16.2. The first-order valence-electron chi connectivity index (χ1n) is 6.20. The summed E-state index contributed by atoms with van der Waals surface area (Å²) in [7, 11) is 1.60. The number of likely N-dealkylation sites (tertiary alicyclic amines) is 1. The highest BCUT2D eigenvalue weighted by Crippen LogP contribution is 2.15. The average Bonchev–Trinajstić information content (AvgIpc) is 2.62. The number of carbonyl (C=O) groups excluding carboxylic acids is 2. The molecule has 0 aromatic carbocycles. The summed E-state index contributed by atoms with van der Waals surface area (Å²) >= 11 is 0. The molecule has 1 fully saturated rings. The van der Waals surface area contributed by atoms with Crippen molar-refractivity contribution in [1.29, 1.82) is 0 Å². The van der Waals surface area contributed by atoms with Crippen LogP contribution in [0.25, 0.3) is 0 Å². The van der Waals surface area contributed by atoms with Crippen molar-refractivity contribution < 1.29 is 9.59 Å². The van der Waals surface area contributed by atoms with Gasteiger partial charge in [-0.15, -0.1) is 12.3 Å². The van der Waals surface area contributed by atoms with Crippen LogP contribution in [-0.4, -0.2) is 48.3 Å². The molecule has 1 heterocycles. The Bertz CT molecular complexity index is 370. The summed E-state index contributed by atoms with van der Waals surface area (Å²) in [5.41, 5.74) is 0. The van der Waals surface area contributed by atoms with E-state index >= 15 is 0 Å². The number of nitrogens with zero attached hydrogens (tertiary/aromatic N) is 2. The maximum atomic E-state index is 12.1. The van der Waals surface area contributed by atoms with Crippen molar-refractivity contribution >= 4 is 11.8 Å². The third kappa shape index (κ3) is 3.92. The van der Waals surface area contributed by atoms with E-state index in [0.29, 0.717) is 6.54 Å². The molecule has 0 aromatic rings. The zero-order chi connectivity index (χ0) is 13.5. The van der Waals surface area contributed by atoms with Gasteiger partial charge in [0, 0.05) is 26.1 Å². The molecule has 0 aromatic heterocycles. The molecular weight excluding hydrogens is 228 g/mol. The summed E-state index contributed by atoms with van der Waals surface area (Å²) in [6, 6.07) is 0. The summed E-state index contributed by atoms with van der Waals surface area (Å²) in [6.45, 7) is 4.82. The fraction of sp³-hybridized carbons (Fsp3) is 0.571. The van der Waals surface area contributed by atoms with E-state index in [0.717, 1.165) is 25.8 Å². The first-order valence-corrected chi connectivity index (χ1v) is 6.20. The molecule has 0 saturated carbocycles. The first kappa shape index (κ1) is 14.3. The summed E-state index contributed by atoms with van der Waals surface area (Å²) in [5, 5.41) is 0. The van der Waals surface area contributed by atoms with Crippen LogP contribution in [0.5, 0.6) is 0 Å². The molecule has 0 spiro atoms. The molecule has 1 unspecified atom stereocenters. The summed E-state index contributed by atoms with van der Waals surface area (Å²) in [4.78, 5) is 26.5. The SMILES string of the molecule is C#CC1CCCCN(C(=O)CN(C)C(=O)C=C)C1. The Kier molecular flexibility index (Phi) is 5.44. The van der Waals surface area contributed by atoms with Gasteiger partial charge in [0.25, 0.3) is 0 Å². The van der Waals surface area contributed by atoms with Crippen molar-refractivity contribution in [2.45, 2.75) is 19.3 Å². The number of amides is 2. The maximum Gasteiger partial charge on any atom is 0.246 e.